The highest BCUT2D eigenvalue weighted by Crippen LogP contribution is 2.30. The van der Waals surface area contributed by atoms with E-state index in [2.05, 4.69) is 50.1 Å². The maximum atomic E-state index is 12.6. The zero-order valence-corrected chi connectivity index (χ0v) is 26.6. The predicted octanol–water partition coefficient (Wildman–Crippen LogP) is 2.82. The molecule has 0 unspecified atom stereocenters. The summed E-state index contributed by atoms with van der Waals surface area (Å²) in [6.07, 6.45) is 8.45. The van der Waals surface area contributed by atoms with E-state index in [4.69, 9.17) is 23.8 Å². The first-order chi connectivity index (χ1) is 21.3. The molecule has 1 aromatic carbocycles. The molecule has 16 heteroatoms. The molecular formula is C29H38ClF3N8O3S. The lowest BCUT2D eigenvalue weighted by Crippen LogP contribution is -2.58. The minimum absolute atomic E-state index is 0.0131. The van der Waals surface area contributed by atoms with Gasteiger partial charge in [-0.25, -0.2) is 23.1 Å². The van der Waals surface area contributed by atoms with Crippen LogP contribution in [0.4, 0.5) is 24.8 Å². The van der Waals surface area contributed by atoms with Gasteiger partial charge < -0.3 is 16.0 Å². The van der Waals surface area contributed by atoms with Crippen molar-refractivity contribution in [3.8, 4) is 12.3 Å². The van der Waals surface area contributed by atoms with Gasteiger partial charge in [0.25, 0.3) is 5.91 Å². The Morgan fingerprint density at radius 3 is 2.44 bits per heavy atom. The SMILES string of the molecule is C#Cc1ccc(CN2CCC(N3CCN(c4nc(N)c(C(=O)NCCCNS(=O)(=O)C(F)(F)F)nc4Cl)C[C@@H]3CC)CC2)cc1. The standard InChI is InChI=1S/C29H38ClF3N8O3S/c1-3-20-6-8-21(9-7-20)18-39-14-10-23(11-15-39)41-17-16-40(19-22(41)4-2)27-25(30)37-24(26(34)38-27)28(42)35-12-5-13-36-45(43,44)29(31,32)33/h1,6-9,22-23,36H,4-5,10-19H2,2H3,(H2,34,38)(H,35,42)/t22-/m0/s1. The third-order valence-electron chi connectivity index (χ3n) is 8.17. The molecule has 1 atom stereocenters. The predicted molar refractivity (Wildman–Crippen MR) is 167 cm³/mol. The Kier molecular flexibility index (Phi) is 11.5. The first kappa shape index (κ1) is 34.7. The van der Waals surface area contributed by atoms with Crippen molar-refractivity contribution in [3.63, 3.8) is 0 Å². The molecule has 1 amide bonds. The Balaban J connectivity index is 1.28. The fraction of sp³-hybridized carbons (Fsp3) is 0.552. The molecule has 45 heavy (non-hydrogen) atoms. The number of hydrogen-bond acceptors (Lipinski definition) is 9. The molecular weight excluding hydrogens is 633 g/mol. The lowest BCUT2D eigenvalue weighted by molar-refractivity contribution is -0.0447. The van der Waals surface area contributed by atoms with Gasteiger partial charge in [-0.05, 0) is 56.5 Å². The molecule has 4 rings (SSSR count). The summed E-state index contributed by atoms with van der Waals surface area (Å²) in [5.74, 6) is 2.18. The van der Waals surface area contributed by atoms with Crippen LogP contribution in [0.3, 0.4) is 0 Å². The number of hydrogen-bond donors (Lipinski definition) is 3. The molecule has 246 valence electrons. The fourth-order valence-electron chi connectivity index (χ4n) is 5.73. The van der Waals surface area contributed by atoms with Crippen LogP contribution in [0, 0.1) is 12.3 Å². The number of piperazine rings is 1. The summed E-state index contributed by atoms with van der Waals surface area (Å²) in [7, 11) is -5.45. The van der Waals surface area contributed by atoms with Gasteiger partial charge in [-0.3, -0.25) is 14.6 Å². The number of aromatic nitrogens is 2. The molecule has 0 spiro atoms. The molecule has 2 aliphatic rings. The fourth-order valence-corrected chi connectivity index (χ4v) is 6.55. The summed E-state index contributed by atoms with van der Waals surface area (Å²) < 4.78 is 60.8. The van der Waals surface area contributed by atoms with Gasteiger partial charge in [-0.15, -0.1) is 6.42 Å². The number of likely N-dealkylation sites (tertiary alicyclic amines) is 1. The van der Waals surface area contributed by atoms with Crippen LogP contribution in [-0.4, -0.2) is 97.5 Å². The van der Waals surface area contributed by atoms with E-state index >= 15 is 0 Å². The summed E-state index contributed by atoms with van der Waals surface area (Å²) in [4.78, 5) is 28.2. The van der Waals surface area contributed by atoms with E-state index in [1.54, 1.807) is 0 Å². The zero-order chi connectivity index (χ0) is 32.8. The average molecular weight is 671 g/mol. The molecule has 0 bridgehead atoms. The molecule has 1 aromatic heterocycles. The van der Waals surface area contributed by atoms with Crippen LogP contribution in [0.2, 0.25) is 5.15 Å². The number of amides is 1. The Morgan fingerprint density at radius 1 is 1.13 bits per heavy atom. The number of nitrogens with zero attached hydrogens (tertiary/aromatic N) is 5. The van der Waals surface area contributed by atoms with Gasteiger partial charge in [0.15, 0.2) is 22.5 Å². The number of carbonyl (C=O) groups excluding carboxylic acids is 1. The van der Waals surface area contributed by atoms with Crippen molar-refractivity contribution in [2.45, 2.75) is 56.7 Å². The third kappa shape index (κ3) is 8.76. The van der Waals surface area contributed by atoms with Crippen molar-refractivity contribution >= 4 is 39.2 Å². The van der Waals surface area contributed by atoms with Gasteiger partial charge in [0.2, 0.25) is 0 Å². The number of sulfonamides is 1. The highest BCUT2D eigenvalue weighted by atomic mass is 35.5. The van der Waals surface area contributed by atoms with E-state index in [9.17, 15) is 26.4 Å². The highest BCUT2D eigenvalue weighted by molar-refractivity contribution is 7.90. The topological polar surface area (TPSA) is 137 Å². The van der Waals surface area contributed by atoms with Gasteiger partial charge in [-0.1, -0.05) is 36.6 Å². The van der Waals surface area contributed by atoms with E-state index in [-0.39, 0.29) is 35.7 Å². The number of halogens is 4. The smallest absolute Gasteiger partial charge is 0.382 e. The van der Waals surface area contributed by atoms with Crippen LogP contribution in [-0.2, 0) is 16.6 Å². The second kappa shape index (κ2) is 15.0. The molecule has 2 aromatic rings. The maximum absolute atomic E-state index is 12.6. The third-order valence-corrected chi connectivity index (χ3v) is 9.61. The molecule has 2 fully saturated rings. The summed E-state index contributed by atoms with van der Waals surface area (Å²) in [6.45, 7) is 6.58. The van der Waals surface area contributed by atoms with E-state index < -0.39 is 28.0 Å². The van der Waals surface area contributed by atoms with Gasteiger partial charge in [0.1, 0.15) is 0 Å². The first-order valence-electron chi connectivity index (χ1n) is 14.8. The number of carbonyl (C=O) groups is 1. The molecule has 11 nitrogen and oxygen atoms in total. The lowest BCUT2D eigenvalue weighted by Gasteiger charge is -2.47. The zero-order valence-electron chi connectivity index (χ0n) is 25.0. The number of nitrogen functional groups attached to an aromatic ring is 1. The van der Waals surface area contributed by atoms with Crippen LogP contribution in [0.1, 0.15) is 54.2 Å². The second-order valence-corrected chi connectivity index (χ2v) is 13.2. The van der Waals surface area contributed by atoms with E-state index in [0.717, 1.165) is 51.0 Å². The number of nitrogens with two attached hydrogens (primary N) is 1. The molecule has 2 saturated heterocycles. The second-order valence-electron chi connectivity index (χ2n) is 11.1. The summed E-state index contributed by atoms with van der Waals surface area (Å²) >= 11 is 6.47. The number of anilines is 2. The van der Waals surface area contributed by atoms with Crippen molar-refractivity contribution < 1.29 is 26.4 Å². The number of rotatable bonds is 11. The van der Waals surface area contributed by atoms with Gasteiger partial charge in [0.05, 0.1) is 0 Å². The quantitative estimate of drug-likeness (QED) is 0.244. The molecule has 4 N–H and O–H groups in total. The average Bonchev–Trinajstić information content (AvgIpc) is 3.01. The Morgan fingerprint density at radius 2 is 1.82 bits per heavy atom. The molecule has 3 heterocycles. The molecule has 0 aliphatic carbocycles. The number of benzene rings is 1. The van der Waals surface area contributed by atoms with Crippen LogP contribution >= 0.6 is 11.6 Å². The number of piperidine rings is 1. The van der Waals surface area contributed by atoms with Crippen molar-refractivity contribution in [3.05, 3.63) is 46.2 Å². The largest absolute Gasteiger partial charge is 0.511 e. The van der Waals surface area contributed by atoms with Crippen LogP contribution < -0.4 is 20.7 Å². The van der Waals surface area contributed by atoms with E-state index in [1.807, 2.05) is 17.0 Å². The summed E-state index contributed by atoms with van der Waals surface area (Å²) in [5.41, 5.74) is 2.58. The van der Waals surface area contributed by atoms with Crippen molar-refractivity contribution in [1.29, 1.82) is 0 Å². The van der Waals surface area contributed by atoms with Crippen molar-refractivity contribution in [2.24, 2.45) is 0 Å². The molecule has 2 aliphatic heterocycles. The Hall–Kier alpha value is -3.16. The minimum atomic E-state index is -5.45. The van der Waals surface area contributed by atoms with Gasteiger partial charge in [0, 0.05) is 56.9 Å². The van der Waals surface area contributed by atoms with E-state index in [1.165, 1.54) is 10.3 Å². The summed E-state index contributed by atoms with van der Waals surface area (Å²) in [5, 5.41) is 2.46. The Bertz CT molecular complexity index is 1480. The number of alkyl halides is 3. The molecule has 0 radical (unpaired) electrons. The number of nitrogens with one attached hydrogen (secondary N) is 2. The molecule has 0 saturated carbocycles. The Labute approximate surface area is 266 Å². The summed E-state index contributed by atoms with van der Waals surface area (Å²) in [6, 6.07) is 8.88. The highest BCUT2D eigenvalue weighted by Gasteiger charge is 2.45. The van der Waals surface area contributed by atoms with Crippen LogP contribution in [0.15, 0.2) is 24.3 Å². The lowest BCUT2D eigenvalue weighted by atomic mass is 9.97. The normalized spacial score (nSPS) is 18.9. The van der Waals surface area contributed by atoms with Gasteiger partial charge in [-0.2, -0.15) is 13.2 Å². The minimum Gasteiger partial charge on any atom is -0.382 e. The van der Waals surface area contributed by atoms with Crippen molar-refractivity contribution in [1.82, 2.24) is 29.8 Å². The first-order valence-corrected chi connectivity index (χ1v) is 16.6. The van der Waals surface area contributed by atoms with E-state index in [0.29, 0.717) is 24.9 Å². The number of terminal acetylenes is 1. The monoisotopic (exact) mass is 670 g/mol. The maximum Gasteiger partial charge on any atom is 0.511 e. The van der Waals surface area contributed by atoms with Crippen LogP contribution in [0.25, 0.3) is 0 Å². The van der Waals surface area contributed by atoms with Gasteiger partial charge >= 0.3 is 15.5 Å². The van der Waals surface area contributed by atoms with Crippen molar-refractivity contribution in [2.75, 3.05) is 56.4 Å². The van der Waals surface area contributed by atoms with Crippen LogP contribution in [0.5, 0.6) is 0 Å².